The molecular formula is C58H98NO8P. The van der Waals surface area contributed by atoms with Crippen LogP contribution in [0.2, 0.25) is 0 Å². The van der Waals surface area contributed by atoms with Gasteiger partial charge in [0.2, 0.25) is 0 Å². The lowest BCUT2D eigenvalue weighted by atomic mass is 10.1. The second kappa shape index (κ2) is 48.7. The maximum Gasteiger partial charge on any atom is 0.306 e. The van der Waals surface area contributed by atoms with Crippen LogP contribution in [0.5, 0.6) is 0 Å². The minimum absolute atomic E-state index is 0.0511. The number of rotatable bonds is 47. The number of phosphoric acid groups is 1. The van der Waals surface area contributed by atoms with Gasteiger partial charge in [0.25, 0.3) is 7.82 Å². The molecule has 2 atom stereocenters. The Morgan fingerprint density at radius 3 is 1.31 bits per heavy atom. The third kappa shape index (κ3) is 52.0. The number of carbonyl (C=O) groups excluding carboxylic acids is 2. The van der Waals surface area contributed by atoms with Crippen molar-refractivity contribution in [1.29, 1.82) is 0 Å². The topological polar surface area (TPSA) is 111 Å². The fourth-order valence-electron chi connectivity index (χ4n) is 6.69. The van der Waals surface area contributed by atoms with Crippen molar-refractivity contribution in [3.63, 3.8) is 0 Å². The number of carbonyl (C=O) groups is 2. The lowest BCUT2D eigenvalue weighted by Crippen LogP contribution is -2.37. The molecule has 388 valence electrons. The van der Waals surface area contributed by atoms with Crippen LogP contribution in [0.1, 0.15) is 194 Å². The van der Waals surface area contributed by atoms with Crippen LogP contribution in [-0.2, 0) is 32.7 Å². The Morgan fingerprint density at radius 1 is 0.471 bits per heavy atom. The normalized spacial score (nSPS) is 14.3. The van der Waals surface area contributed by atoms with Crippen molar-refractivity contribution in [2.45, 2.75) is 200 Å². The van der Waals surface area contributed by atoms with E-state index in [1.54, 1.807) is 0 Å². The molecule has 0 rings (SSSR count). The SMILES string of the molecule is CC/C=C\C/C=C\C/C=C\C/C=C\C/C=C\C/C=C\CCC(=O)OC(COC(=O)CCCCCCCCCCCC/C=C\C/C=C\C/C=C\CCCCCCC)COP(=O)([O-])OCC[N+](C)(C)C. The van der Waals surface area contributed by atoms with Crippen molar-refractivity contribution >= 4 is 19.8 Å². The van der Waals surface area contributed by atoms with E-state index in [1.165, 1.54) is 77.0 Å². The van der Waals surface area contributed by atoms with E-state index < -0.39 is 32.5 Å². The Morgan fingerprint density at radius 2 is 0.868 bits per heavy atom. The van der Waals surface area contributed by atoms with Crippen LogP contribution in [0, 0.1) is 0 Å². The second-order valence-electron chi connectivity index (χ2n) is 18.5. The number of esters is 2. The third-order valence-corrected chi connectivity index (χ3v) is 11.8. The number of phosphoric ester groups is 1. The van der Waals surface area contributed by atoms with Crippen molar-refractivity contribution in [3.05, 3.63) is 109 Å². The van der Waals surface area contributed by atoms with Gasteiger partial charge in [0.05, 0.1) is 27.7 Å². The molecule has 0 N–H and O–H groups in total. The molecule has 68 heavy (non-hydrogen) atoms. The zero-order valence-corrected chi connectivity index (χ0v) is 44.7. The Hall–Kier alpha value is -3.33. The summed E-state index contributed by atoms with van der Waals surface area (Å²) in [4.78, 5) is 37.7. The van der Waals surface area contributed by atoms with E-state index >= 15 is 0 Å². The fourth-order valence-corrected chi connectivity index (χ4v) is 7.42. The van der Waals surface area contributed by atoms with E-state index in [-0.39, 0.29) is 26.1 Å². The third-order valence-electron chi connectivity index (χ3n) is 10.8. The molecule has 0 spiro atoms. The first-order valence-corrected chi connectivity index (χ1v) is 28.1. The van der Waals surface area contributed by atoms with Crippen molar-refractivity contribution in [2.75, 3.05) is 47.5 Å². The Bertz CT molecular complexity index is 1520. The molecule has 0 aliphatic heterocycles. The van der Waals surface area contributed by atoms with Crippen molar-refractivity contribution in [3.8, 4) is 0 Å². The molecule has 0 aromatic rings. The molecule has 9 nitrogen and oxygen atoms in total. The summed E-state index contributed by atoms with van der Waals surface area (Å²) in [5.41, 5.74) is 0. The van der Waals surface area contributed by atoms with Gasteiger partial charge < -0.3 is 27.9 Å². The highest BCUT2D eigenvalue weighted by molar-refractivity contribution is 7.45. The van der Waals surface area contributed by atoms with Crippen molar-refractivity contribution < 1.29 is 42.1 Å². The molecule has 0 aromatic heterocycles. The molecule has 0 radical (unpaired) electrons. The molecule has 0 saturated heterocycles. The molecule has 0 aromatic carbocycles. The van der Waals surface area contributed by atoms with Gasteiger partial charge in [-0.15, -0.1) is 0 Å². The van der Waals surface area contributed by atoms with Gasteiger partial charge in [0.1, 0.15) is 19.8 Å². The van der Waals surface area contributed by atoms with Gasteiger partial charge in [-0.3, -0.25) is 14.2 Å². The highest BCUT2D eigenvalue weighted by atomic mass is 31.2. The highest BCUT2D eigenvalue weighted by Gasteiger charge is 2.21. The lowest BCUT2D eigenvalue weighted by molar-refractivity contribution is -0.870. The van der Waals surface area contributed by atoms with Gasteiger partial charge >= 0.3 is 11.9 Å². The molecule has 0 heterocycles. The Labute approximate surface area is 416 Å². The summed E-state index contributed by atoms with van der Waals surface area (Å²) >= 11 is 0. The summed E-state index contributed by atoms with van der Waals surface area (Å²) in [6.07, 6.45) is 67.1. The lowest BCUT2D eigenvalue weighted by Gasteiger charge is -2.28. The predicted molar refractivity (Wildman–Crippen MR) is 286 cm³/mol. The van der Waals surface area contributed by atoms with Crippen LogP contribution in [-0.4, -0.2) is 70.0 Å². The minimum atomic E-state index is -4.66. The summed E-state index contributed by atoms with van der Waals surface area (Å²) < 4.78 is 34.0. The Balaban J connectivity index is 4.34. The largest absolute Gasteiger partial charge is 0.756 e. The van der Waals surface area contributed by atoms with Gasteiger partial charge in [-0.1, -0.05) is 200 Å². The highest BCUT2D eigenvalue weighted by Crippen LogP contribution is 2.38. The fraction of sp³-hybridized carbons (Fsp3) is 0.655. The van der Waals surface area contributed by atoms with Gasteiger partial charge in [-0.25, -0.2) is 0 Å². The molecule has 0 saturated carbocycles. The molecular weight excluding hydrogens is 870 g/mol. The van der Waals surface area contributed by atoms with Crippen LogP contribution in [0.15, 0.2) is 109 Å². The second-order valence-corrected chi connectivity index (χ2v) is 19.9. The number of quaternary nitrogens is 1. The molecule has 0 fully saturated rings. The number of likely N-dealkylation sites (N-methyl/N-ethyl adjacent to an activating group) is 1. The summed E-state index contributed by atoms with van der Waals surface area (Å²) in [7, 11) is 1.10. The number of ether oxygens (including phenoxy) is 2. The zero-order valence-electron chi connectivity index (χ0n) is 43.8. The average molecular weight is 968 g/mol. The molecule has 0 aliphatic rings. The van der Waals surface area contributed by atoms with Crippen LogP contribution >= 0.6 is 7.82 Å². The van der Waals surface area contributed by atoms with E-state index in [9.17, 15) is 19.0 Å². The van der Waals surface area contributed by atoms with E-state index in [1.807, 2.05) is 33.3 Å². The number of hydrogen-bond acceptors (Lipinski definition) is 8. The predicted octanol–water partition coefficient (Wildman–Crippen LogP) is 15.6. The molecule has 10 heteroatoms. The molecule has 0 amide bonds. The van der Waals surface area contributed by atoms with Crippen LogP contribution in [0.4, 0.5) is 0 Å². The summed E-state index contributed by atoms with van der Waals surface area (Å²) in [6, 6.07) is 0. The summed E-state index contributed by atoms with van der Waals surface area (Å²) in [5, 5.41) is 0. The summed E-state index contributed by atoms with van der Waals surface area (Å²) in [5.74, 6) is -0.944. The first-order valence-electron chi connectivity index (χ1n) is 26.6. The van der Waals surface area contributed by atoms with Crippen LogP contribution < -0.4 is 4.89 Å². The Kier molecular flexibility index (Phi) is 46.3. The maximum atomic E-state index is 12.7. The van der Waals surface area contributed by atoms with Gasteiger partial charge in [0, 0.05) is 12.8 Å². The van der Waals surface area contributed by atoms with Crippen molar-refractivity contribution in [2.24, 2.45) is 0 Å². The molecule has 2 unspecified atom stereocenters. The maximum absolute atomic E-state index is 12.7. The van der Waals surface area contributed by atoms with Gasteiger partial charge in [0.15, 0.2) is 6.10 Å². The van der Waals surface area contributed by atoms with E-state index in [0.717, 1.165) is 77.0 Å². The molecule has 0 bridgehead atoms. The van der Waals surface area contributed by atoms with Crippen molar-refractivity contribution in [1.82, 2.24) is 0 Å². The molecule has 0 aliphatic carbocycles. The zero-order chi connectivity index (χ0) is 49.9. The van der Waals surface area contributed by atoms with Gasteiger partial charge in [-0.2, -0.15) is 0 Å². The first kappa shape index (κ1) is 64.7. The van der Waals surface area contributed by atoms with Gasteiger partial charge in [-0.05, 0) is 89.9 Å². The van der Waals surface area contributed by atoms with Crippen LogP contribution in [0.3, 0.4) is 0 Å². The number of nitrogens with zero attached hydrogens (tertiary/aromatic N) is 1. The van der Waals surface area contributed by atoms with E-state index in [4.69, 9.17) is 18.5 Å². The monoisotopic (exact) mass is 968 g/mol. The average Bonchev–Trinajstić information content (AvgIpc) is 3.30. The van der Waals surface area contributed by atoms with E-state index in [0.29, 0.717) is 23.9 Å². The van der Waals surface area contributed by atoms with Crippen LogP contribution in [0.25, 0.3) is 0 Å². The first-order chi connectivity index (χ1) is 33.0. The standard InChI is InChI=1S/C58H98NO8P/c1-6-8-10-12-14-16-18-20-22-24-26-27-28-29-30-31-33-34-36-38-40-42-44-46-48-50-57(60)64-54-56(55-66-68(62,63)65-53-52-59(3,4)5)67-58(61)51-49-47-45-43-41-39-37-35-32-25-23-21-19-17-15-13-11-9-7-2/h9,11,15,17-18,20-21,23-24,26,28-29,32,35,39,41,45,47,56H,6-8,10,12-14,16,19,22,25,27,30-31,33-34,36-38,40,42-44,46,48-55H2,1-5H3/b11-9-,17-15-,20-18-,23-21-,26-24-,29-28-,35-32-,41-39-,47-45-. The summed E-state index contributed by atoms with van der Waals surface area (Å²) in [6.45, 7) is 4.00. The number of allylic oxidation sites excluding steroid dienone is 18. The minimum Gasteiger partial charge on any atom is -0.756 e. The van der Waals surface area contributed by atoms with E-state index in [2.05, 4.69) is 111 Å². The smallest absolute Gasteiger partial charge is 0.306 e. The number of unbranched alkanes of at least 4 members (excludes halogenated alkanes) is 15. The number of hydrogen-bond donors (Lipinski definition) is 0. The quantitative estimate of drug-likeness (QED) is 0.0195.